The van der Waals surface area contributed by atoms with E-state index in [0.717, 1.165) is 21.0 Å². The van der Waals surface area contributed by atoms with Crippen LogP contribution in [-0.4, -0.2) is 22.8 Å². The Kier molecular flexibility index (Phi) is 3.51. The molecule has 3 aromatic rings. The van der Waals surface area contributed by atoms with Gasteiger partial charge in [-0.1, -0.05) is 12.1 Å². The molecule has 2 aromatic heterocycles. The number of carbonyl (C=O) groups is 1. The SMILES string of the molecule is Cc1ccc(C(=O)N(C)[C@H](C)c2nc3ccccc3s2)o1. The third kappa shape index (κ3) is 2.56. The number of para-hydroxylation sites is 1. The van der Waals surface area contributed by atoms with Gasteiger partial charge in [0.1, 0.15) is 10.8 Å². The van der Waals surface area contributed by atoms with Crippen molar-refractivity contribution in [2.75, 3.05) is 7.05 Å². The molecule has 0 bridgehead atoms. The van der Waals surface area contributed by atoms with Crippen molar-refractivity contribution in [2.45, 2.75) is 19.9 Å². The van der Waals surface area contributed by atoms with Gasteiger partial charge in [0.15, 0.2) is 5.76 Å². The highest BCUT2D eigenvalue weighted by Crippen LogP contribution is 2.29. The molecule has 0 unspecified atom stereocenters. The minimum absolute atomic E-state index is 0.0969. The smallest absolute Gasteiger partial charge is 0.289 e. The van der Waals surface area contributed by atoms with E-state index in [1.165, 1.54) is 0 Å². The lowest BCUT2D eigenvalue weighted by Crippen LogP contribution is -2.29. The van der Waals surface area contributed by atoms with Crippen LogP contribution in [0.1, 0.15) is 34.3 Å². The van der Waals surface area contributed by atoms with E-state index < -0.39 is 0 Å². The summed E-state index contributed by atoms with van der Waals surface area (Å²) in [4.78, 5) is 18.7. The molecule has 0 fully saturated rings. The average Bonchev–Trinajstić information content (AvgIpc) is 3.10. The van der Waals surface area contributed by atoms with E-state index in [0.29, 0.717) is 5.76 Å². The van der Waals surface area contributed by atoms with Gasteiger partial charge in [0, 0.05) is 7.05 Å². The molecule has 0 radical (unpaired) electrons. The zero-order valence-corrected chi connectivity index (χ0v) is 13.0. The molecular weight excluding hydrogens is 284 g/mol. The lowest BCUT2D eigenvalue weighted by molar-refractivity contribution is 0.0709. The lowest BCUT2D eigenvalue weighted by atomic mass is 10.3. The first-order chi connectivity index (χ1) is 10.1. The first-order valence-corrected chi connectivity index (χ1v) is 7.57. The van der Waals surface area contributed by atoms with Gasteiger partial charge in [0.05, 0.1) is 16.3 Å². The van der Waals surface area contributed by atoms with E-state index in [-0.39, 0.29) is 11.9 Å². The molecule has 1 aromatic carbocycles. The Morgan fingerprint density at radius 1 is 1.29 bits per heavy atom. The van der Waals surface area contributed by atoms with E-state index >= 15 is 0 Å². The van der Waals surface area contributed by atoms with Gasteiger partial charge in [-0.05, 0) is 38.1 Å². The van der Waals surface area contributed by atoms with Crippen molar-refractivity contribution in [3.8, 4) is 0 Å². The zero-order chi connectivity index (χ0) is 15.0. The van der Waals surface area contributed by atoms with Crippen molar-refractivity contribution in [1.29, 1.82) is 0 Å². The quantitative estimate of drug-likeness (QED) is 0.733. The molecule has 0 spiro atoms. The first kappa shape index (κ1) is 13.8. The van der Waals surface area contributed by atoms with Gasteiger partial charge in [-0.2, -0.15) is 0 Å². The molecular formula is C16H16N2O2S. The second kappa shape index (κ2) is 5.33. The minimum Gasteiger partial charge on any atom is -0.456 e. The molecule has 0 aliphatic heterocycles. The van der Waals surface area contributed by atoms with Crippen molar-refractivity contribution in [2.24, 2.45) is 0 Å². The Morgan fingerprint density at radius 3 is 2.71 bits per heavy atom. The second-order valence-corrected chi connectivity index (χ2v) is 6.08. The number of carbonyl (C=O) groups excluding carboxylic acids is 1. The van der Waals surface area contributed by atoms with Gasteiger partial charge in [0.2, 0.25) is 0 Å². The molecule has 0 aliphatic carbocycles. The molecule has 0 saturated carbocycles. The van der Waals surface area contributed by atoms with Crippen LogP contribution in [0.15, 0.2) is 40.8 Å². The molecule has 5 heteroatoms. The van der Waals surface area contributed by atoms with Crippen LogP contribution in [0.4, 0.5) is 0 Å². The number of fused-ring (bicyclic) bond motifs is 1. The maximum absolute atomic E-state index is 12.4. The first-order valence-electron chi connectivity index (χ1n) is 6.75. The summed E-state index contributed by atoms with van der Waals surface area (Å²) >= 11 is 1.62. The van der Waals surface area contributed by atoms with Gasteiger partial charge in [-0.25, -0.2) is 4.98 Å². The molecule has 0 N–H and O–H groups in total. The van der Waals surface area contributed by atoms with E-state index in [4.69, 9.17) is 4.42 Å². The zero-order valence-electron chi connectivity index (χ0n) is 12.2. The Bertz CT molecular complexity index is 757. The Morgan fingerprint density at radius 2 is 2.05 bits per heavy atom. The summed E-state index contributed by atoms with van der Waals surface area (Å²) in [5, 5.41) is 0.926. The number of thiazole rings is 1. The topological polar surface area (TPSA) is 46.3 Å². The number of amides is 1. The number of aromatic nitrogens is 1. The summed E-state index contributed by atoms with van der Waals surface area (Å²) in [7, 11) is 1.77. The second-order valence-electron chi connectivity index (χ2n) is 5.02. The molecule has 3 rings (SSSR count). The van der Waals surface area contributed by atoms with E-state index in [1.54, 1.807) is 35.4 Å². The predicted molar refractivity (Wildman–Crippen MR) is 83.6 cm³/mol. The maximum Gasteiger partial charge on any atom is 0.289 e. The monoisotopic (exact) mass is 300 g/mol. The highest BCUT2D eigenvalue weighted by Gasteiger charge is 2.23. The van der Waals surface area contributed by atoms with Crippen molar-refractivity contribution < 1.29 is 9.21 Å². The number of nitrogens with zero attached hydrogens (tertiary/aromatic N) is 2. The van der Waals surface area contributed by atoms with Crippen LogP contribution in [-0.2, 0) is 0 Å². The Hall–Kier alpha value is -2.14. The summed E-state index contributed by atoms with van der Waals surface area (Å²) in [5.41, 5.74) is 0.971. The summed E-state index contributed by atoms with van der Waals surface area (Å²) in [6, 6.07) is 11.4. The van der Waals surface area contributed by atoms with Crippen molar-refractivity contribution in [1.82, 2.24) is 9.88 Å². The number of aryl methyl sites for hydroxylation is 1. The predicted octanol–water partition coefficient (Wildman–Crippen LogP) is 4.03. The van der Waals surface area contributed by atoms with Crippen LogP contribution in [0.2, 0.25) is 0 Å². The maximum atomic E-state index is 12.4. The van der Waals surface area contributed by atoms with Crippen LogP contribution in [0, 0.1) is 6.92 Å². The number of hydrogen-bond acceptors (Lipinski definition) is 4. The largest absolute Gasteiger partial charge is 0.456 e. The number of furan rings is 1. The number of hydrogen-bond donors (Lipinski definition) is 0. The summed E-state index contributed by atoms with van der Waals surface area (Å²) in [6.07, 6.45) is 0. The van der Waals surface area contributed by atoms with Crippen LogP contribution >= 0.6 is 11.3 Å². The van der Waals surface area contributed by atoms with Crippen LogP contribution in [0.25, 0.3) is 10.2 Å². The van der Waals surface area contributed by atoms with Gasteiger partial charge in [-0.15, -0.1) is 11.3 Å². The van der Waals surface area contributed by atoms with Crippen LogP contribution in [0.5, 0.6) is 0 Å². The van der Waals surface area contributed by atoms with Gasteiger partial charge in [-0.3, -0.25) is 4.79 Å². The summed E-state index contributed by atoms with van der Waals surface area (Å²) in [5.74, 6) is 0.970. The number of rotatable bonds is 3. The molecule has 0 saturated heterocycles. The third-order valence-electron chi connectivity index (χ3n) is 3.52. The van der Waals surface area contributed by atoms with E-state index in [9.17, 15) is 4.79 Å². The third-order valence-corrected chi connectivity index (χ3v) is 4.73. The lowest BCUT2D eigenvalue weighted by Gasteiger charge is -2.22. The Labute approximate surface area is 127 Å². The van der Waals surface area contributed by atoms with E-state index in [2.05, 4.69) is 4.98 Å². The molecule has 21 heavy (non-hydrogen) atoms. The highest BCUT2D eigenvalue weighted by molar-refractivity contribution is 7.18. The fraction of sp³-hybridized carbons (Fsp3) is 0.250. The normalized spacial score (nSPS) is 12.5. The standard InChI is InChI=1S/C16H16N2O2S/c1-10-8-9-13(20-10)16(19)18(3)11(2)15-17-12-6-4-5-7-14(12)21-15/h4-9,11H,1-3H3/t11-/m1/s1. The van der Waals surface area contributed by atoms with Crippen molar-refractivity contribution >= 4 is 27.5 Å². The number of benzene rings is 1. The van der Waals surface area contributed by atoms with Gasteiger partial charge < -0.3 is 9.32 Å². The molecule has 108 valence electrons. The molecule has 1 atom stereocenters. The molecule has 0 aliphatic rings. The summed E-state index contributed by atoms with van der Waals surface area (Å²) < 4.78 is 6.54. The van der Waals surface area contributed by atoms with Gasteiger partial charge in [0.25, 0.3) is 5.91 Å². The average molecular weight is 300 g/mol. The molecule has 4 nitrogen and oxygen atoms in total. The highest BCUT2D eigenvalue weighted by atomic mass is 32.1. The summed E-state index contributed by atoms with van der Waals surface area (Å²) in [6.45, 7) is 3.80. The fourth-order valence-corrected chi connectivity index (χ4v) is 3.20. The minimum atomic E-state index is -0.130. The Balaban J connectivity index is 1.86. The van der Waals surface area contributed by atoms with Crippen molar-refractivity contribution in [3.63, 3.8) is 0 Å². The molecule has 1 amide bonds. The van der Waals surface area contributed by atoms with Crippen molar-refractivity contribution in [3.05, 3.63) is 52.9 Å². The van der Waals surface area contributed by atoms with Crippen LogP contribution < -0.4 is 0 Å². The van der Waals surface area contributed by atoms with Gasteiger partial charge >= 0.3 is 0 Å². The molecule has 2 heterocycles. The van der Waals surface area contributed by atoms with E-state index in [1.807, 2.05) is 38.1 Å². The van der Waals surface area contributed by atoms with Crippen LogP contribution in [0.3, 0.4) is 0 Å². The fourth-order valence-electron chi connectivity index (χ4n) is 2.13.